The van der Waals surface area contributed by atoms with Gasteiger partial charge in [0.05, 0.1) is 11.3 Å². The van der Waals surface area contributed by atoms with Gasteiger partial charge in [-0.1, -0.05) is 12.1 Å². The van der Waals surface area contributed by atoms with Gasteiger partial charge in [-0.05, 0) is 62.2 Å². The molecule has 2 fully saturated rings. The molecule has 5 heteroatoms. The van der Waals surface area contributed by atoms with Crippen LogP contribution in [-0.2, 0) is 0 Å². The molecule has 26 heavy (non-hydrogen) atoms. The van der Waals surface area contributed by atoms with E-state index in [-0.39, 0.29) is 17.1 Å². The van der Waals surface area contributed by atoms with Crippen molar-refractivity contribution >= 4 is 17.3 Å². The molecule has 2 aromatic rings. The Morgan fingerprint density at radius 1 is 1.12 bits per heavy atom. The van der Waals surface area contributed by atoms with Gasteiger partial charge in [0.1, 0.15) is 5.82 Å². The van der Waals surface area contributed by atoms with E-state index in [1.807, 2.05) is 29.2 Å². The molecule has 2 N–H and O–H groups in total. The molecular weight excluding hydrogens is 329 g/mol. The Labute approximate surface area is 153 Å². The summed E-state index contributed by atoms with van der Waals surface area (Å²) in [6.45, 7) is 3.69. The third-order valence-corrected chi connectivity index (χ3v) is 5.56. The lowest BCUT2D eigenvalue weighted by atomic mass is 9.79. The maximum atomic E-state index is 13.2. The number of hydrogen-bond acceptors (Lipinski definition) is 3. The number of nitrogens with zero attached hydrogens (tertiary/aromatic N) is 1. The van der Waals surface area contributed by atoms with Crippen LogP contribution in [0.15, 0.2) is 48.5 Å². The highest BCUT2D eigenvalue weighted by Crippen LogP contribution is 2.36. The summed E-state index contributed by atoms with van der Waals surface area (Å²) in [5.41, 5.74) is 2.43. The largest absolute Gasteiger partial charge is 0.355 e. The molecule has 4 nitrogen and oxygen atoms in total. The maximum Gasteiger partial charge on any atom is 0.255 e. The van der Waals surface area contributed by atoms with Crippen LogP contribution in [0.5, 0.6) is 0 Å². The normalized spacial score (nSPS) is 22.6. The Morgan fingerprint density at radius 3 is 2.69 bits per heavy atom. The molecule has 0 bridgehead atoms. The second-order valence-corrected chi connectivity index (χ2v) is 7.43. The van der Waals surface area contributed by atoms with Crippen LogP contribution in [0.1, 0.15) is 29.6 Å². The zero-order chi connectivity index (χ0) is 18.0. The van der Waals surface area contributed by atoms with Crippen molar-refractivity contribution in [2.24, 2.45) is 5.41 Å². The Hall–Kier alpha value is -2.40. The molecule has 2 heterocycles. The van der Waals surface area contributed by atoms with Crippen LogP contribution in [0.3, 0.4) is 0 Å². The predicted molar refractivity (Wildman–Crippen MR) is 101 cm³/mol. The van der Waals surface area contributed by atoms with Crippen molar-refractivity contribution in [1.82, 2.24) is 10.2 Å². The molecule has 2 saturated heterocycles. The number of benzene rings is 2. The third kappa shape index (κ3) is 3.44. The highest BCUT2D eigenvalue weighted by atomic mass is 19.1. The van der Waals surface area contributed by atoms with E-state index in [0.717, 1.165) is 50.4 Å². The van der Waals surface area contributed by atoms with Gasteiger partial charge in [-0.3, -0.25) is 4.79 Å². The van der Waals surface area contributed by atoms with Crippen molar-refractivity contribution in [2.75, 3.05) is 31.5 Å². The number of nitrogens with one attached hydrogen (secondary N) is 2. The summed E-state index contributed by atoms with van der Waals surface area (Å²) in [6.07, 6.45) is 3.40. The van der Waals surface area contributed by atoms with Crippen LogP contribution >= 0.6 is 0 Å². The summed E-state index contributed by atoms with van der Waals surface area (Å²) in [5, 5.41) is 6.70. The van der Waals surface area contributed by atoms with Gasteiger partial charge in [-0.2, -0.15) is 0 Å². The Kier molecular flexibility index (Phi) is 4.64. The first kappa shape index (κ1) is 17.0. The van der Waals surface area contributed by atoms with E-state index in [1.54, 1.807) is 12.1 Å². The Morgan fingerprint density at radius 2 is 1.92 bits per heavy atom. The van der Waals surface area contributed by atoms with Gasteiger partial charge in [0.15, 0.2) is 0 Å². The summed E-state index contributed by atoms with van der Waals surface area (Å²) >= 11 is 0. The quantitative estimate of drug-likeness (QED) is 0.882. The number of carbonyl (C=O) groups excluding carboxylic acids is 1. The lowest BCUT2D eigenvalue weighted by Crippen LogP contribution is -2.47. The molecule has 0 radical (unpaired) electrons. The van der Waals surface area contributed by atoms with Crippen LogP contribution in [0.4, 0.5) is 15.8 Å². The van der Waals surface area contributed by atoms with Gasteiger partial charge in [-0.25, -0.2) is 4.39 Å². The maximum absolute atomic E-state index is 13.2. The number of amides is 1. The average Bonchev–Trinajstić information content (AvgIpc) is 3.11. The smallest absolute Gasteiger partial charge is 0.255 e. The fourth-order valence-electron chi connectivity index (χ4n) is 4.16. The van der Waals surface area contributed by atoms with Crippen molar-refractivity contribution < 1.29 is 9.18 Å². The monoisotopic (exact) mass is 353 g/mol. The summed E-state index contributed by atoms with van der Waals surface area (Å²) in [7, 11) is 0. The van der Waals surface area contributed by atoms with Gasteiger partial charge in [-0.15, -0.1) is 0 Å². The predicted octanol–water partition coefficient (Wildman–Crippen LogP) is 3.79. The van der Waals surface area contributed by atoms with Crippen LogP contribution in [-0.4, -0.2) is 37.0 Å². The molecule has 2 aromatic carbocycles. The minimum Gasteiger partial charge on any atom is -0.355 e. The van der Waals surface area contributed by atoms with Crippen molar-refractivity contribution in [3.8, 4) is 0 Å². The molecule has 1 unspecified atom stereocenters. The molecule has 2 aliphatic rings. The number of carbonyl (C=O) groups is 1. The fourth-order valence-corrected chi connectivity index (χ4v) is 4.16. The number of para-hydroxylation sites is 1. The number of piperidine rings is 1. The molecule has 0 aromatic heterocycles. The van der Waals surface area contributed by atoms with Crippen molar-refractivity contribution in [1.29, 1.82) is 0 Å². The molecule has 1 spiro atoms. The van der Waals surface area contributed by atoms with Gasteiger partial charge < -0.3 is 15.5 Å². The summed E-state index contributed by atoms with van der Waals surface area (Å²) in [4.78, 5) is 15.2. The SMILES string of the molecule is O=C(c1ccccc1Nc1ccc(F)cc1)N1CCCC2(CCNC2)C1. The topological polar surface area (TPSA) is 44.4 Å². The minimum absolute atomic E-state index is 0.0705. The molecular formula is C21H24FN3O. The first-order valence-corrected chi connectivity index (χ1v) is 9.27. The van der Waals surface area contributed by atoms with E-state index in [9.17, 15) is 9.18 Å². The third-order valence-electron chi connectivity index (χ3n) is 5.56. The standard InChI is InChI=1S/C21H24FN3O/c22-16-6-8-17(9-7-16)24-19-5-2-1-4-18(19)20(26)25-13-3-10-21(15-25)11-12-23-14-21/h1-2,4-9,23-24H,3,10-15H2. The van der Waals surface area contributed by atoms with Gasteiger partial charge in [0.25, 0.3) is 5.91 Å². The molecule has 136 valence electrons. The average molecular weight is 353 g/mol. The van der Waals surface area contributed by atoms with E-state index in [4.69, 9.17) is 0 Å². The molecule has 4 rings (SSSR count). The fraction of sp³-hybridized carbons (Fsp3) is 0.381. The van der Waals surface area contributed by atoms with Crippen LogP contribution in [0.2, 0.25) is 0 Å². The minimum atomic E-state index is -0.274. The number of likely N-dealkylation sites (tertiary alicyclic amines) is 1. The van der Waals surface area contributed by atoms with Crippen molar-refractivity contribution in [3.05, 3.63) is 59.9 Å². The Bertz CT molecular complexity index is 784. The number of hydrogen-bond donors (Lipinski definition) is 2. The second-order valence-electron chi connectivity index (χ2n) is 7.43. The summed E-state index contributed by atoms with van der Waals surface area (Å²) < 4.78 is 13.1. The van der Waals surface area contributed by atoms with Crippen molar-refractivity contribution in [3.63, 3.8) is 0 Å². The zero-order valence-corrected chi connectivity index (χ0v) is 14.8. The van der Waals surface area contributed by atoms with E-state index < -0.39 is 0 Å². The highest BCUT2D eigenvalue weighted by Gasteiger charge is 2.39. The van der Waals surface area contributed by atoms with E-state index >= 15 is 0 Å². The zero-order valence-electron chi connectivity index (χ0n) is 14.8. The summed E-state index contributed by atoms with van der Waals surface area (Å²) in [6, 6.07) is 13.7. The number of rotatable bonds is 3. The van der Waals surface area contributed by atoms with E-state index in [0.29, 0.717) is 5.56 Å². The number of anilines is 2. The highest BCUT2D eigenvalue weighted by molar-refractivity contribution is 6.00. The molecule has 0 aliphatic carbocycles. The Balaban J connectivity index is 1.55. The van der Waals surface area contributed by atoms with Crippen LogP contribution < -0.4 is 10.6 Å². The lowest BCUT2D eigenvalue weighted by molar-refractivity contribution is 0.0554. The molecule has 0 saturated carbocycles. The van der Waals surface area contributed by atoms with Crippen molar-refractivity contribution in [2.45, 2.75) is 19.3 Å². The second kappa shape index (κ2) is 7.08. The number of halogens is 1. The lowest BCUT2D eigenvalue weighted by Gasteiger charge is -2.40. The van der Waals surface area contributed by atoms with Crippen LogP contribution in [0, 0.1) is 11.2 Å². The molecule has 1 atom stereocenters. The first-order chi connectivity index (χ1) is 12.7. The van der Waals surface area contributed by atoms with E-state index in [2.05, 4.69) is 10.6 Å². The summed E-state index contributed by atoms with van der Waals surface area (Å²) in [5.74, 6) is -0.204. The van der Waals surface area contributed by atoms with E-state index in [1.165, 1.54) is 18.6 Å². The van der Waals surface area contributed by atoms with Gasteiger partial charge in [0, 0.05) is 30.7 Å². The van der Waals surface area contributed by atoms with Gasteiger partial charge in [0.2, 0.25) is 0 Å². The molecule has 2 aliphatic heterocycles. The van der Waals surface area contributed by atoms with Gasteiger partial charge >= 0.3 is 0 Å². The molecule has 1 amide bonds. The first-order valence-electron chi connectivity index (χ1n) is 9.27. The van der Waals surface area contributed by atoms with Crippen LogP contribution in [0.25, 0.3) is 0 Å².